The maximum absolute atomic E-state index is 14.3. The van der Waals surface area contributed by atoms with Crippen molar-refractivity contribution in [2.24, 2.45) is 0 Å². The lowest BCUT2D eigenvalue weighted by molar-refractivity contribution is 0.00695. The first-order chi connectivity index (χ1) is 15.0. The molecule has 174 valence electrons. The van der Waals surface area contributed by atoms with Gasteiger partial charge in [0.05, 0.1) is 24.0 Å². The fraction of sp³-hybridized carbons (Fsp3) is 0.636. The van der Waals surface area contributed by atoms with Crippen molar-refractivity contribution in [2.75, 3.05) is 25.5 Å². The van der Waals surface area contributed by atoms with Crippen LogP contribution >= 0.6 is 0 Å². The van der Waals surface area contributed by atoms with Crippen molar-refractivity contribution in [3.05, 3.63) is 29.1 Å². The highest BCUT2D eigenvalue weighted by Crippen LogP contribution is 2.42. The second-order valence-electron chi connectivity index (χ2n) is 9.98. The van der Waals surface area contributed by atoms with Gasteiger partial charge in [-0.25, -0.2) is 19.2 Å². The van der Waals surface area contributed by atoms with E-state index < -0.39 is 11.4 Å². The number of likely N-dealkylation sites (N-methyl/N-ethyl adjacent to an activating group) is 1. The van der Waals surface area contributed by atoms with Crippen molar-refractivity contribution in [2.45, 2.75) is 71.6 Å². The number of rotatable bonds is 3. The Balaban J connectivity index is 1.60. The van der Waals surface area contributed by atoms with Crippen LogP contribution in [0.25, 0.3) is 0 Å². The molecule has 2 amide bonds. The Morgan fingerprint density at radius 3 is 2.72 bits per heavy atom. The molecule has 2 N–H and O–H groups in total. The fourth-order valence-corrected chi connectivity index (χ4v) is 4.55. The molecule has 4 heterocycles. The number of hydrogen-bond donors (Lipinski definition) is 2. The average Bonchev–Trinajstić information content (AvgIpc) is 3.24. The highest BCUT2D eigenvalue weighted by Gasteiger charge is 2.47. The normalized spacial score (nSPS) is 22.2. The standard InChI is InChI=1S/C22H33FN8O/c1-8-16-24-9-15(23)19(25-16)26-18-14-11-31(22(5,6)17(14)27-28-18)20(32)30-12-21(3,4)29(7)10-13(30)2/h9,13H,8,10-12H2,1-7H3,(H2,24,25,26,27,28)/t13-/m0/s1. The summed E-state index contributed by atoms with van der Waals surface area (Å²) in [6.45, 7) is 14.2. The van der Waals surface area contributed by atoms with Crippen molar-refractivity contribution in [1.29, 1.82) is 0 Å². The van der Waals surface area contributed by atoms with Gasteiger partial charge in [0.1, 0.15) is 5.82 Å². The third kappa shape index (κ3) is 3.60. The van der Waals surface area contributed by atoms with E-state index in [9.17, 15) is 9.18 Å². The lowest BCUT2D eigenvalue weighted by atomic mass is 9.96. The van der Waals surface area contributed by atoms with Crippen LogP contribution in [0.5, 0.6) is 0 Å². The molecule has 0 radical (unpaired) electrons. The zero-order valence-electron chi connectivity index (χ0n) is 20.0. The molecule has 1 atom stereocenters. The number of anilines is 2. The van der Waals surface area contributed by atoms with Crippen LogP contribution in [0.1, 0.15) is 58.6 Å². The van der Waals surface area contributed by atoms with Crippen LogP contribution in [0.15, 0.2) is 6.20 Å². The summed E-state index contributed by atoms with van der Waals surface area (Å²) in [6, 6.07) is 0.106. The van der Waals surface area contributed by atoms with E-state index in [-0.39, 0.29) is 23.4 Å². The number of carbonyl (C=O) groups excluding carboxylic acids is 1. The predicted molar refractivity (Wildman–Crippen MR) is 120 cm³/mol. The SMILES string of the molecule is CCc1ncc(F)c(Nc2n[nH]c3c2CN(C(=O)N2CC(C)(C)N(C)C[C@@H]2C)C3(C)C)n1. The molecule has 1 saturated heterocycles. The van der Waals surface area contributed by atoms with Gasteiger partial charge in [-0.1, -0.05) is 6.92 Å². The van der Waals surface area contributed by atoms with Crippen LogP contribution in [0.2, 0.25) is 0 Å². The monoisotopic (exact) mass is 444 g/mol. The van der Waals surface area contributed by atoms with E-state index in [2.05, 4.69) is 58.2 Å². The summed E-state index contributed by atoms with van der Waals surface area (Å²) in [5.41, 5.74) is 1.02. The first-order valence-corrected chi connectivity index (χ1v) is 11.1. The first kappa shape index (κ1) is 22.4. The molecule has 1 fully saturated rings. The third-order valence-corrected chi connectivity index (χ3v) is 6.95. The van der Waals surface area contributed by atoms with Gasteiger partial charge in [0, 0.05) is 36.7 Å². The Labute approximate surface area is 188 Å². The number of aryl methyl sites for hydroxylation is 1. The molecule has 2 aliphatic rings. The molecule has 9 nitrogen and oxygen atoms in total. The molecular formula is C22H33FN8O. The Hall–Kier alpha value is -2.75. The number of nitrogens with zero attached hydrogens (tertiary/aromatic N) is 6. The van der Waals surface area contributed by atoms with Crippen molar-refractivity contribution in [3.8, 4) is 0 Å². The number of carbonyl (C=O) groups is 1. The molecule has 0 aliphatic carbocycles. The largest absolute Gasteiger partial charge is 0.321 e. The second-order valence-corrected chi connectivity index (χ2v) is 9.98. The van der Waals surface area contributed by atoms with Crippen LogP contribution in [-0.4, -0.2) is 72.6 Å². The summed E-state index contributed by atoms with van der Waals surface area (Å²) < 4.78 is 14.3. The summed E-state index contributed by atoms with van der Waals surface area (Å²) in [4.78, 5) is 28.0. The summed E-state index contributed by atoms with van der Waals surface area (Å²) in [6.07, 6.45) is 1.76. The molecule has 2 aromatic heterocycles. The quantitative estimate of drug-likeness (QED) is 0.755. The lowest BCUT2D eigenvalue weighted by Crippen LogP contribution is -2.65. The van der Waals surface area contributed by atoms with E-state index in [1.807, 2.05) is 30.6 Å². The van der Waals surface area contributed by atoms with E-state index in [0.717, 1.165) is 24.0 Å². The Kier molecular flexibility index (Phi) is 5.39. The number of aromatic amines is 1. The number of amides is 2. The summed E-state index contributed by atoms with van der Waals surface area (Å²) in [7, 11) is 2.10. The summed E-state index contributed by atoms with van der Waals surface area (Å²) >= 11 is 0. The molecule has 0 saturated carbocycles. The van der Waals surface area contributed by atoms with Gasteiger partial charge in [0.15, 0.2) is 17.5 Å². The number of aromatic nitrogens is 4. The minimum absolute atomic E-state index is 0.000658. The van der Waals surface area contributed by atoms with E-state index in [4.69, 9.17) is 0 Å². The Bertz CT molecular complexity index is 1030. The molecule has 32 heavy (non-hydrogen) atoms. The molecule has 10 heteroatoms. The van der Waals surface area contributed by atoms with Crippen LogP contribution in [0.3, 0.4) is 0 Å². The number of urea groups is 1. The summed E-state index contributed by atoms with van der Waals surface area (Å²) in [5, 5.41) is 10.4. The molecule has 4 rings (SSSR count). The van der Waals surface area contributed by atoms with Gasteiger partial charge in [-0.3, -0.25) is 10.00 Å². The Morgan fingerprint density at radius 2 is 2.03 bits per heavy atom. The molecule has 2 aliphatic heterocycles. The van der Waals surface area contributed by atoms with Crippen molar-refractivity contribution in [3.63, 3.8) is 0 Å². The van der Waals surface area contributed by atoms with Gasteiger partial charge in [0.25, 0.3) is 0 Å². The third-order valence-electron chi connectivity index (χ3n) is 6.95. The maximum atomic E-state index is 14.3. The zero-order valence-corrected chi connectivity index (χ0v) is 20.0. The van der Waals surface area contributed by atoms with E-state index in [1.54, 1.807) is 0 Å². The minimum Gasteiger partial charge on any atom is -0.321 e. The van der Waals surface area contributed by atoms with Gasteiger partial charge >= 0.3 is 6.03 Å². The molecular weight excluding hydrogens is 411 g/mol. The van der Waals surface area contributed by atoms with Crippen molar-refractivity contribution < 1.29 is 9.18 Å². The second kappa shape index (κ2) is 7.68. The smallest absolute Gasteiger partial charge is 0.321 e. The first-order valence-electron chi connectivity index (χ1n) is 11.1. The molecule has 2 aromatic rings. The maximum Gasteiger partial charge on any atom is 0.321 e. The number of halogens is 1. The number of H-pyrrole nitrogens is 1. The molecule has 0 bridgehead atoms. The Morgan fingerprint density at radius 1 is 1.31 bits per heavy atom. The van der Waals surface area contributed by atoms with Crippen molar-refractivity contribution in [1.82, 2.24) is 34.9 Å². The van der Waals surface area contributed by atoms with Crippen LogP contribution in [-0.2, 0) is 18.5 Å². The van der Waals surface area contributed by atoms with Gasteiger partial charge in [-0.05, 0) is 41.7 Å². The topological polar surface area (TPSA) is 93.3 Å². The van der Waals surface area contributed by atoms with Crippen LogP contribution < -0.4 is 5.32 Å². The van der Waals surface area contributed by atoms with Crippen LogP contribution in [0, 0.1) is 5.82 Å². The molecule has 0 aromatic carbocycles. The van der Waals surface area contributed by atoms with E-state index in [1.165, 1.54) is 0 Å². The average molecular weight is 445 g/mol. The fourth-order valence-electron chi connectivity index (χ4n) is 4.55. The number of hydrogen-bond acceptors (Lipinski definition) is 6. The minimum atomic E-state index is -0.578. The number of fused-ring (bicyclic) bond motifs is 1. The molecule has 0 spiro atoms. The summed E-state index contributed by atoms with van der Waals surface area (Å²) in [5.74, 6) is 0.570. The lowest BCUT2D eigenvalue weighted by Gasteiger charge is -2.50. The van der Waals surface area contributed by atoms with Gasteiger partial charge in [0.2, 0.25) is 0 Å². The van der Waals surface area contributed by atoms with Gasteiger partial charge in [-0.2, -0.15) is 5.10 Å². The zero-order chi connectivity index (χ0) is 23.4. The van der Waals surface area contributed by atoms with Crippen molar-refractivity contribution >= 4 is 17.7 Å². The van der Waals surface area contributed by atoms with Gasteiger partial charge < -0.3 is 15.1 Å². The van der Waals surface area contributed by atoms with Crippen LogP contribution in [0.4, 0.5) is 20.8 Å². The highest BCUT2D eigenvalue weighted by atomic mass is 19.1. The highest BCUT2D eigenvalue weighted by molar-refractivity contribution is 5.78. The predicted octanol–water partition coefficient (Wildman–Crippen LogP) is 3.23. The van der Waals surface area contributed by atoms with E-state index >= 15 is 0 Å². The molecule has 0 unspecified atom stereocenters. The van der Waals surface area contributed by atoms with E-state index in [0.29, 0.717) is 31.2 Å². The van der Waals surface area contributed by atoms with Gasteiger partial charge in [-0.15, -0.1) is 0 Å². The number of nitrogens with one attached hydrogen (secondary N) is 2. The number of piperazine rings is 1.